The molecular formula is C50H92O6. The first-order valence-corrected chi connectivity index (χ1v) is 24.3. The van der Waals surface area contributed by atoms with E-state index in [0.29, 0.717) is 19.3 Å². The Morgan fingerprint density at radius 1 is 0.339 bits per heavy atom. The lowest BCUT2D eigenvalue weighted by Gasteiger charge is -2.18. The summed E-state index contributed by atoms with van der Waals surface area (Å²) >= 11 is 0. The van der Waals surface area contributed by atoms with Crippen LogP contribution in [-0.2, 0) is 28.6 Å². The summed E-state index contributed by atoms with van der Waals surface area (Å²) in [5.41, 5.74) is 0. The van der Waals surface area contributed by atoms with Gasteiger partial charge in [-0.3, -0.25) is 14.4 Å². The van der Waals surface area contributed by atoms with E-state index in [0.717, 1.165) is 70.6 Å². The van der Waals surface area contributed by atoms with E-state index < -0.39 is 6.10 Å². The average molecular weight is 789 g/mol. The zero-order valence-electron chi connectivity index (χ0n) is 37.4. The Balaban J connectivity index is 4.37. The number of unbranched alkanes of at least 4 members (excludes halogenated alkanes) is 29. The number of hydrogen-bond acceptors (Lipinski definition) is 6. The van der Waals surface area contributed by atoms with E-state index in [2.05, 4.69) is 45.1 Å². The van der Waals surface area contributed by atoms with Crippen molar-refractivity contribution in [2.45, 2.75) is 264 Å². The molecule has 0 heterocycles. The second-order valence-electron chi connectivity index (χ2n) is 16.4. The molecule has 0 N–H and O–H groups in total. The second kappa shape index (κ2) is 45.6. The largest absolute Gasteiger partial charge is 0.462 e. The molecule has 0 bridgehead atoms. The molecule has 0 aromatic rings. The van der Waals surface area contributed by atoms with Crippen LogP contribution in [0, 0.1) is 0 Å². The van der Waals surface area contributed by atoms with Gasteiger partial charge in [0.2, 0.25) is 0 Å². The quantitative estimate of drug-likeness (QED) is 0.0265. The van der Waals surface area contributed by atoms with Gasteiger partial charge in [-0.1, -0.05) is 193 Å². The molecule has 0 aliphatic carbocycles. The Labute approximate surface area is 347 Å². The van der Waals surface area contributed by atoms with Crippen LogP contribution in [0.1, 0.15) is 258 Å². The van der Waals surface area contributed by atoms with Crippen molar-refractivity contribution in [2.75, 3.05) is 13.2 Å². The maximum atomic E-state index is 12.7. The van der Waals surface area contributed by atoms with Crippen molar-refractivity contribution >= 4 is 17.9 Å². The monoisotopic (exact) mass is 789 g/mol. The summed E-state index contributed by atoms with van der Waals surface area (Å²) in [7, 11) is 0. The normalized spacial score (nSPS) is 12.1. The molecule has 56 heavy (non-hydrogen) atoms. The molecule has 1 atom stereocenters. The molecule has 6 heteroatoms. The fraction of sp³-hybridized carbons (Fsp3) is 0.860. The maximum absolute atomic E-state index is 12.7. The zero-order valence-corrected chi connectivity index (χ0v) is 37.4. The minimum Gasteiger partial charge on any atom is -0.462 e. The first-order chi connectivity index (χ1) is 27.5. The average Bonchev–Trinajstić information content (AvgIpc) is 3.19. The van der Waals surface area contributed by atoms with Crippen molar-refractivity contribution in [3.05, 3.63) is 24.3 Å². The van der Waals surface area contributed by atoms with Gasteiger partial charge in [-0.15, -0.1) is 0 Å². The molecule has 0 fully saturated rings. The fourth-order valence-electron chi connectivity index (χ4n) is 6.96. The topological polar surface area (TPSA) is 78.9 Å². The molecule has 6 nitrogen and oxygen atoms in total. The highest BCUT2D eigenvalue weighted by molar-refractivity contribution is 5.71. The summed E-state index contributed by atoms with van der Waals surface area (Å²) in [6.45, 7) is 6.59. The third kappa shape index (κ3) is 43.0. The number of hydrogen-bond donors (Lipinski definition) is 0. The standard InChI is InChI=1S/C50H92O6/c1-4-7-10-13-16-19-22-25-28-31-34-37-40-43-49(52)55-46-47(45-54-48(51)42-39-36-33-30-27-24-21-18-15-12-9-6-3)56-50(53)44-41-38-35-32-29-26-23-20-17-14-11-8-5-2/h18-19,21-22,47H,4-17,20,23-46H2,1-3H3/b21-18-,22-19-/t47-/m1/s1. The van der Waals surface area contributed by atoms with Crippen LogP contribution in [0.5, 0.6) is 0 Å². The summed E-state index contributed by atoms with van der Waals surface area (Å²) in [5, 5.41) is 0. The van der Waals surface area contributed by atoms with Gasteiger partial charge in [-0.2, -0.15) is 0 Å². The van der Waals surface area contributed by atoms with Gasteiger partial charge in [0.15, 0.2) is 6.10 Å². The molecule has 0 saturated carbocycles. The van der Waals surface area contributed by atoms with Crippen LogP contribution >= 0.6 is 0 Å². The zero-order chi connectivity index (χ0) is 40.8. The van der Waals surface area contributed by atoms with Gasteiger partial charge in [0, 0.05) is 19.3 Å². The predicted molar refractivity (Wildman–Crippen MR) is 238 cm³/mol. The van der Waals surface area contributed by atoms with E-state index >= 15 is 0 Å². The van der Waals surface area contributed by atoms with E-state index in [1.54, 1.807) is 0 Å². The lowest BCUT2D eigenvalue weighted by molar-refractivity contribution is -0.167. The molecule has 0 aliphatic heterocycles. The van der Waals surface area contributed by atoms with Crippen molar-refractivity contribution in [2.24, 2.45) is 0 Å². The van der Waals surface area contributed by atoms with Gasteiger partial charge in [-0.25, -0.2) is 0 Å². The third-order valence-corrected chi connectivity index (χ3v) is 10.7. The van der Waals surface area contributed by atoms with E-state index in [1.807, 2.05) is 0 Å². The van der Waals surface area contributed by atoms with Gasteiger partial charge >= 0.3 is 17.9 Å². The molecule has 0 aromatic heterocycles. The molecule has 0 unspecified atom stereocenters. The molecule has 328 valence electrons. The number of ether oxygens (including phenoxy) is 3. The lowest BCUT2D eigenvalue weighted by atomic mass is 10.0. The Morgan fingerprint density at radius 2 is 0.589 bits per heavy atom. The number of esters is 3. The summed E-state index contributed by atoms with van der Waals surface area (Å²) < 4.78 is 16.7. The number of carbonyl (C=O) groups excluding carboxylic acids is 3. The van der Waals surface area contributed by atoms with Crippen molar-refractivity contribution in [3.63, 3.8) is 0 Å². The van der Waals surface area contributed by atoms with Gasteiger partial charge in [0.25, 0.3) is 0 Å². The highest BCUT2D eigenvalue weighted by Gasteiger charge is 2.19. The molecule has 0 spiro atoms. The van der Waals surface area contributed by atoms with E-state index in [1.165, 1.54) is 148 Å². The Hall–Kier alpha value is -2.11. The molecule has 0 aromatic carbocycles. The number of rotatable bonds is 44. The molecule has 0 aliphatic rings. The summed E-state index contributed by atoms with van der Waals surface area (Å²) in [4.78, 5) is 37.8. The van der Waals surface area contributed by atoms with Crippen LogP contribution in [-0.4, -0.2) is 37.2 Å². The van der Waals surface area contributed by atoms with Gasteiger partial charge in [0.05, 0.1) is 0 Å². The van der Waals surface area contributed by atoms with E-state index in [9.17, 15) is 14.4 Å². The maximum Gasteiger partial charge on any atom is 0.306 e. The first-order valence-electron chi connectivity index (χ1n) is 24.3. The van der Waals surface area contributed by atoms with E-state index in [4.69, 9.17) is 14.2 Å². The molecule has 0 amide bonds. The first kappa shape index (κ1) is 53.9. The summed E-state index contributed by atoms with van der Waals surface area (Å²) in [6, 6.07) is 0. The van der Waals surface area contributed by atoms with Crippen molar-refractivity contribution in [1.29, 1.82) is 0 Å². The SMILES string of the molecule is CCCCC/C=C\CCCCCCCC(=O)OC[C@H](COC(=O)CCCCCCC/C=C\CCCCCC)OC(=O)CCCCCCCCCCCCCCC. The lowest BCUT2D eigenvalue weighted by Crippen LogP contribution is -2.30. The number of carbonyl (C=O) groups is 3. The van der Waals surface area contributed by atoms with Gasteiger partial charge in [-0.05, 0) is 70.6 Å². The van der Waals surface area contributed by atoms with Gasteiger partial charge < -0.3 is 14.2 Å². The van der Waals surface area contributed by atoms with E-state index in [-0.39, 0.29) is 31.1 Å². The minimum atomic E-state index is -0.771. The summed E-state index contributed by atoms with van der Waals surface area (Å²) in [5.74, 6) is -0.884. The van der Waals surface area contributed by atoms with Crippen LogP contribution in [0.15, 0.2) is 24.3 Å². The third-order valence-electron chi connectivity index (χ3n) is 10.7. The molecule has 0 rings (SSSR count). The van der Waals surface area contributed by atoms with Crippen molar-refractivity contribution in [1.82, 2.24) is 0 Å². The Bertz CT molecular complexity index is 911. The van der Waals surface area contributed by atoms with Crippen LogP contribution in [0.3, 0.4) is 0 Å². The minimum absolute atomic E-state index is 0.0751. The number of allylic oxidation sites excluding steroid dienone is 4. The van der Waals surface area contributed by atoms with Crippen LogP contribution < -0.4 is 0 Å². The van der Waals surface area contributed by atoms with Crippen molar-refractivity contribution in [3.8, 4) is 0 Å². The predicted octanol–water partition coefficient (Wildman–Crippen LogP) is 15.6. The van der Waals surface area contributed by atoms with Crippen LogP contribution in [0.2, 0.25) is 0 Å². The second-order valence-corrected chi connectivity index (χ2v) is 16.4. The van der Waals surface area contributed by atoms with Crippen molar-refractivity contribution < 1.29 is 28.6 Å². The highest BCUT2D eigenvalue weighted by Crippen LogP contribution is 2.15. The summed E-state index contributed by atoms with van der Waals surface area (Å²) in [6.07, 6.45) is 50.1. The fourth-order valence-corrected chi connectivity index (χ4v) is 6.96. The molecule has 0 saturated heterocycles. The highest BCUT2D eigenvalue weighted by atomic mass is 16.6. The molecule has 0 radical (unpaired) electrons. The molecular weight excluding hydrogens is 697 g/mol. The smallest absolute Gasteiger partial charge is 0.306 e. The Kier molecular flexibility index (Phi) is 43.9. The van der Waals surface area contributed by atoms with Crippen LogP contribution in [0.25, 0.3) is 0 Å². The van der Waals surface area contributed by atoms with Crippen LogP contribution in [0.4, 0.5) is 0 Å². The van der Waals surface area contributed by atoms with Gasteiger partial charge in [0.1, 0.15) is 13.2 Å². The Morgan fingerprint density at radius 3 is 0.946 bits per heavy atom.